The molecule has 0 spiro atoms. The summed E-state index contributed by atoms with van der Waals surface area (Å²) in [7, 11) is 0. The van der Waals surface area contributed by atoms with Crippen molar-refractivity contribution in [3.63, 3.8) is 0 Å². The molecule has 3 nitrogen and oxygen atoms in total. The number of rotatable bonds is 3. The normalized spacial score (nSPS) is 25.6. The van der Waals surface area contributed by atoms with Crippen LogP contribution < -0.4 is 5.73 Å². The Hall–Kier alpha value is -0.680. The van der Waals surface area contributed by atoms with Crippen molar-refractivity contribution in [2.75, 3.05) is 32.7 Å². The fourth-order valence-corrected chi connectivity index (χ4v) is 3.92. The SMILES string of the molecule is NCC(c1ccc(F)c(Cl)c1)N1CCCN2CCCC2C1. The van der Waals surface area contributed by atoms with Crippen molar-refractivity contribution in [2.24, 2.45) is 5.73 Å². The van der Waals surface area contributed by atoms with Gasteiger partial charge in [-0.05, 0) is 50.0 Å². The van der Waals surface area contributed by atoms with Crippen molar-refractivity contribution in [2.45, 2.75) is 31.3 Å². The highest BCUT2D eigenvalue weighted by Gasteiger charge is 2.31. The van der Waals surface area contributed by atoms with Gasteiger partial charge in [0.15, 0.2) is 0 Å². The molecule has 2 N–H and O–H groups in total. The molecular weight excluding hydrogens is 289 g/mol. The molecule has 2 unspecified atom stereocenters. The van der Waals surface area contributed by atoms with Gasteiger partial charge >= 0.3 is 0 Å². The topological polar surface area (TPSA) is 32.5 Å². The van der Waals surface area contributed by atoms with Crippen molar-refractivity contribution < 1.29 is 4.39 Å². The second-order valence-corrected chi connectivity index (χ2v) is 6.51. The van der Waals surface area contributed by atoms with E-state index in [0.29, 0.717) is 12.6 Å². The van der Waals surface area contributed by atoms with Gasteiger partial charge in [0, 0.05) is 31.7 Å². The third-order valence-corrected chi connectivity index (χ3v) is 5.12. The van der Waals surface area contributed by atoms with Gasteiger partial charge in [0.1, 0.15) is 5.82 Å². The summed E-state index contributed by atoms with van der Waals surface area (Å²) in [6.45, 7) is 5.05. The summed E-state index contributed by atoms with van der Waals surface area (Å²) in [5, 5.41) is 0.184. The standard InChI is InChI=1S/C16H23ClFN3/c17-14-9-12(4-5-15(14)18)16(10-19)21-8-2-7-20-6-1-3-13(20)11-21/h4-5,9,13,16H,1-3,6-8,10-11,19H2. The van der Waals surface area contributed by atoms with Gasteiger partial charge in [-0.25, -0.2) is 4.39 Å². The van der Waals surface area contributed by atoms with Crippen LogP contribution in [0.15, 0.2) is 18.2 Å². The molecule has 1 aromatic rings. The summed E-state index contributed by atoms with van der Waals surface area (Å²) < 4.78 is 13.4. The van der Waals surface area contributed by atoms with Gasteiger partial charge in [0.05, 0.1) is 5.02 Å². The summed E-state index contributed by atoms with van der Waals surface area (Å²) in [4.78, 5) is 5.06. The van der Waals surface area contributed by atoms with E-state index in [4.69, 9.17) is 17.3 Å². The van der Waals surface area contributed by atoms with Crippen LogP contribution in [0.4, 0.5) is 4.39 Å². The monoisotopic (exact) mass is 311 g/mol. The predicted octanol–water partition coefficient (Wildman–Crippen LogP) is 2.65. The Morgan fingerprint density at radius 1 is 1.29 bits per heavy atom. The minimum atomic E-state index is -0.367. The number of fused-ring (bicyclic) bond motifs is 1. The number of nitrogens with zero attached hydrogens (tertiary/aromatic N) is 2. The van der Waals surface area contributed by atoms with E-state index in [1.54, 1.807) is 6.07 Å². The van der Waals surface area contributed by atoms with Crippen LogP contribution in [0.3, 0.4) is 0 Å². The Morgan fingerprint density at radius 3 is 2.86 bits per heavy atom. The first kappa shape index (κ1) is 15.2. The number of nitrogens with two attached hydrogens (primary N) is 1. The lowest BCUT2D eigenvalue weighted by Gasteiger charge is -2.32. The third-order valence-electron chi connectivity index (χ3n) is 4.83. The van der Waals surface area contributed by atoms with Gasteiger partial charge in [0.25, 0.3) is 0 Å². The van der Waals surface area contributed by atoms with Gasteiger partial charge in [-0.2, -0.15) is 0 Å². The fourth-order valence-electron chi connectivity index (χ4n) is 3.73. The first-order valence-corrected chi connectivity index (χ1v) is 8.20. The molecule has 116 valence electrons. The molecule has 2 heterocycles. The minimum Gasteiger partial charge on any atom is -0.329 e. The van der Waals surface area contributed by atoms with Crippen molar-refractivity contribution in [3.05, 3.63) is 34.6 Å². The Balaban J connectivity index is 1.79. The number of hydrogen-bond acceptors (Lipinski definition) is 3. The van der Waals surface area contributed by atoms with Crippen LogP contribution in [0.1, 0.15) is 30.9 Å². The first-order valence-electron chi connectivity index (χ1n) is 7.82. The Labute approximate surface area is 130 Å². The quantitative estimate of drug-likeness (QED) is 0.931. The molecule has 0 amide bonds. The number of benzene rings is 1. The first-order chi connectivity index (χ1) is 10.2. The van der Waals surface area contributed by atoms with Crippen LogP contribution in [0.2, 0.25) is 5.02 Å². The van der Waals surface area contributed by atoms with E-state index >= 15 is 0 Å². The summed E-state index contributed by atoms with van der Waals surface area (Å²) in [5.41, 5.74) is 7.04. The van der Waals surface area contributed by atoms with Crippen LogP contribution in [0.5, 0.6) is 0 Å². The molecule has 5 heteroatoms. The zero-order valence-corrected chi connectivity index (χ0v) is 13.0. The smallest absolute Gasteiger partial charge is 0.141 e. The van der Waals surface area contributed by atoms with Crippen molar-refractivity contribution in [1.82, 2.24) is 9.80 Å². The van der Waals surface area contributed by atoms with E-state index in [-0.39, 0.29) is 16.9 Å². The Bertz CT molecular complexity index is 496. The maximum atomic E-state index is 13.4. The van der Waals surface area contributed by atoms with Gasteiger partial charge in [-0.15, -0.1) is 0 Å². The van der Waals surface area contributed by atoms with Gasteiger partial charge in [-0.3, -0.25) is 9.80 Å². The maximum absolute atomic E-state index is 13.4. The van der Waals surface area contributed by atoms with Crippen molar-refractivity contribution >= 4 is 11.6 Å². The molecular formula is C16H23ClFN3. The van der Waals surface area contributed by atoms with Crippen LogP contribution >= 0.6 is 11.6 Å². The summed E-state index contributed by atoms with van der Waals surface area (Å²) in [6.07, 6.45) is 3.74. The zero-order chi connectivity index (χ0) is 14.8. The summed E-state index contributed by atoms with van der Waals surface area (Å²) in [5.74, 6) is -0.367. The average molecular weight is 312 g/mol. The third kappa shape index (κ3) is 3.24. The molecule has 0 aromatic heterocycles. The second kappa shape index (κ2) is 6.61. The van der Waals surface area contributed by atoms with Crippen LogP contribution in [-0.2, 0) is 0 Å². The lowest BCUT2D eigenvalue weighted by Crippen LogP contribution is -2.40. The van der Waals surface area contributed by atoms with Crippen molar-refractivity contribution in [3.8, 4) is 0 Å². The van der Waals surface area contributed by atoms with Crippen LogP contribution in [-0.4, -0.2) is 48.6 Å². The zero-order valence-electron chi connectivity index (χ0n) is 12.3. The largest absolute Gasteiger partial charge is 0.329 e. The second-order valence-electron chi connectivity index (χ2n) is 6.11. The summed E-state index contributed by atoms with van der Waals surface area (Å²) >= 11 is 5.93. The summed E-state index contributed by atoms with van der Waals surface area (Å²) in [6, 6.07) is 5.77. The Morgan fingerprint density at radius 2 is 2.10 bits per heavy atom. The van der Waals surface area contributed by atoms with Gasteiger partial charge in [-0.1, -0.05) is 17.7 Å². The number of halogens is 2. The maximum Gasteiger partial charge on any atom is 0.141 e. The highest BCUT2D eigenvalue weighted by atomic mass is 35.5. The highest BCUT2D eigenvalue weighted by molar-refractivity contribution is 6.30. The van der Waals surface area contributed by atoms with E-state index in [9.17, 15) is 4.39 Å². The van der Waals surface area contributed by atoms with E-state index < -0.39 is 0 Å². The lowest BCUT2D eigenvalue weighted by molar-refractivity contribution is 0.176. The molecule has 2 aliphatic heterocycles. The van der Waals surface area contributed by atoms with Crippen LogP contribution in [0, 0.1) is 5.82 Å². The Kier molecular flexibility index (Phi) is 4.79. The number of hydrogen-bond donors (Lipinski definition) is 1. The fraction of sp³-hybridized carbons (Fsp3) is 0.625. The lowest BCUT2D eigenvalue weighted by atomic mass is 10.0. The molecule has 3 rings (SSSR count). The molecule has 0 bridgehead atoms. The van der Waals surface area contributed by atoms with E-state index in [1.807, 2.05) is 6.07 Å². The van der Waals surface area contributed by atoms with Crippen LogP contribution in [0.25, 0.3) is 0 Å². The molecule has 0 radical (unpaired) electrons. The predicted molar refractivity (Wildman–Crippen MR) is 84.0 cm³/mol. The van der Waals surface area contributed by atoms with E-state index in [0.717, 1.165) is 18.7 Å². The molecule has 1 aromatic carbocycles. The van der Waals surface area contributed by atoms with Gasteiger partial charge in [0.2, 0.25) is 0 Å². The van der Waals surface area contributed by atoms with Gasteiger partial charge < -0.3 is 5.73 Å². The molecule has 2 atom stereocenters. The molecule has 21 heavy (non-hydrogen) atoms. The molecule has 0 aliphatic carbocycles. The highest BCUT2D eigenvalue weighted by Crippen LogP contribution is 2.29. The average Bonchev–Trinajstić information content (AvgIpc) is 2.82. The molecule has 0 saturated carbocycles. The molecule has 2 fully saturated rings. The van der Waals surface area contributed by atoms with Crippen molar-refractivity contribution in [1.29, 1.82) is 0 Å². The minimum absolute atomic E-state index is 0.128. The molecule has 2 aliphatic rings. The molecule has 2 saturated heterocycles. The van der Waals surface area contributed by atoms with E-state index in [2.05, 4.69) is 9.80 Å². The van der Waals surface area contributed by atoms with E-state index in [1.165, 1.54) is 38.4 Å².